The van der Waals surface area contributed by atoms with Crippen LogP contribution in [0.5, 0.6) is 0 Å². The van der Waals surface area contributed by atoms with Crippen molar-refractivity contribution < 1.29 is 19.2 Å². The Morgan fingerprint density at radius 1 is 1.12 bits per heavy atom. The maximum absolute atomic E-state index is 13.0. The summed E-state index contributed by atoms with van der Waals surface area (Å²) in [6.07, 6.45) is 0. The van der Waals surface area contributed by atoms with Gasteiger partial charge in [-0.15, -0.1) is 0 Å². The highest BCUT2D eigenvalue weighted by Crippen LogP contribution is 2.30. The molecule has 0 radical (unpaired) electrons. The van der Waals surface area contributed by atoms with E-state index in [2.05, 4.69) is 0 Å². The highest BCUT2D eigenvalue weighted by molar-refractivity contribution is 6.30. The van der Waals surface area contributed by atoms with Gasteiger partial charge in [0.25, 0.3) is 0 Å². The molecule has 0 bridgehead atoms. The molecule has 0 aliphatic carbocycles. The van der Waals surface area contributed by atoms with E-state index < -0.39 is 35.1 Å². The van der Waals surface area contributed by atoms with Crippen molar-refractivity contribution >= 4 is 23.4 Å². The first-order chi connectivity index (χ1) is 12.4. The van der Waals surface area contributed by atoms with E-state index in [0.29, 0.717) is 16.1 Å². The lowest BCUT2D eigenvalue weighted by molar-refractivity contribution is -0.484. The minimum Gasteiger partial charge on any atom is -0.465 e. The molecular weight excluding hydrogens is 358 g/mol. The summed E-state index contributed by atoms with van der Waals surface area (Å²) in [4.78, 5) is 36.2. The van der Waals surface area contributed by atoms with Gasteiger partial charge < -0.3 is 4.74 Å². The standard InChI is InChI=1S/C19H18ClNO5/c1-2-26-19(23)17(18(22)14-6-4-3-5-7-14)16(12-21(24)25)13-8-10-15(20)11-9-13/h3-11,16-17H,2,12H2,1H3/t16-,17?/m1/s1. The highest BCUT2D eigenvalue weighted by Gasteiger charge is 2.40. The van der Waals surface area contributed by atoms with Gasteiger partial charge in [-0.05, 0) is 24.6 Å². The van der Waals surface area contributed by atoms with Crippen LogP contribution in [0.3, 0.4) is 0 Å². The van der Waals surface area contributed by atoms with Crippen LogP contribution < -0.4 is 0 Å². The molecule has 2 rings (SSSR count). The molecule has 6 nitrogen and oxygen atoms in total. The maximum Gasteiger partial charge on any atom is 0.317 e. The minimum absolute atomic E-state index is 0.0726. The molecule has 0 saturated heterocycles. The summed E-state index contributed by atoms with van der Waals surface area (Å²) in [6, 6.07) is 14.5. The van der Waals surface area contributed by atoms with Gasteiger partial charge in [-0.2, -0.15) is 0 Å². The van der Waals surface area contributed by atoms with Crippen molar-refractivity contribution in [2.24, 2.45) is 5.92 Å². The number of Topliss-reactive ketones (excluding diaryl/α,β-unsaturated/α-hetero) is 1. The number of hydrogen-bond acceptors (Lipinski definition) is 5. The zero-order valence-electron chi connectivity index (χ0n) is 14.1. The Labute approximate surface area is 155 Å². The van der Waals surface area contributed by atoms with Crippen LogP contribution in [0.4, 0.5) is 0 Å². The van der Waals surface area contributed by atoms with Gasteiger partial charge in [0.05, 0.1) is 12.5 Å². The minimum atomic E-state index is -1.32. The molecule has 0 aromatic heterocycles. The van der Waals surface area contributed by atoms with Crippen molar-refractivity contribution in [1.82, 2.24) is 0 Å². The van der Waals surface area contributed by atoms with Crippen molar-refractivity contribution in [3.8, 4) is 0 Å². The summed E-state index contributed by atoms with van der Waals surface area (Å²) < 4.78 is 5.05. The molecule has 26 heavy (non-hydrogen) atoms. The monoisotopic (exact) mass is 375 g/mol. The first-order valence-electron chi connectivity index (χ1n) is 8.07. The van der Waals surface area contributed by atoms with Crippen molar-refractivity contribution in [2.75, 3.05) is 13.2 Å². The van der Waals surface area contributed by atoms with Crippen molar-refractivity contribution in [3.05, 3.63) is 80.9 Å². The Kier molecular flexibility index (Phi) is 6.86. The van der Waals surface area contributed by atoms with Crippen LogP contribution >= 0.6 is 11.6 Å². The van der Waals surface area contributed by atoms with Gasteiger partial charge in [0.15, 0.2) is 5.78 Å². The Morgan fingerprint density at radius 3 is 2.27 bits per heavy atom. The summed E-state index contributed by atoms with van der Waals surface area (Å²) in [7, 11) is 0. The topological polar surface area (TPSA) is 86.5 Å². The lowest BCUT2D eigenvalue weighted by Crippen LogP contribution is -2.35. The molecule has 2 aromatic rings. The number of rotatable bonds is 8. The molecular formula is C19H18ClNO5. The van der Waals surface area contributed by atoms with Crippen LogP contribution in [0.2, 0.25) is 5.02 Å². The number of hydrogen-bond donors (Lipinski definition) is 0. The molecule has 0 fully saturated rings. The van der Waals surface area contributed by atoms with E-state index in [1.807, 2.05) is 0 Å². The molecule has 0 aliphatic heterocycles. The fourth-order valence-electron chi connectivity index (χ4n) is 2.74. The number of halogens is 1. The Balaban J connectivity index is 2.50. The van der Waals surface area contributed by atoms with Crippen LogP contribution in [0.25, 0.3) is 0 Å². The van der Waals surface area contributed by atoms with Crippen LogP contribution in [0, 0.1) is 16.0 Å². The first kappa shape index (κ1) is 19.6. The fourth-order valence-corrected chi connectivity index (χ4v) is 2.87. The number of carbonyl (C=O) groups is 2. The van der Waals surface area contributed by atoms with Gasteiger partial charge in [0.1, 0.15) is 5.92 Å². The second kappa shape index (κ2) is 9.10. The van der Waals surface area contributed by atoms with E-state index in [9.17, 15) is 19.7 Å². The van der Waals surface area contributed by atoms with E-state index in [1.54, 1.807) is 61.5 Å². The molecule has 7 heteroatoms. The molecule has 0 spiro atoms. The quantitative estimate of drug-likeness (QED) is 0.230. The number of nitrogens with zero attached hydrogens (tertiary/aromatic N) is 1. The molecule has 2 aromatic carbocycles. The van der Waals surface area contributed by atoms with E-state index in [-0.39, 0.29) is 6.61 Å². The van der Waals surface area contributed by atoms with Gasteiger partial charge in [-0.25, -0.2) is 0 Å². The van der Waals surface area contributed by atoms with E-state index in [1.165, 1.54) is 0 Å². The normalized spacial score (nSPS) is 12.8. The summed E-state index contributed by atoms with van der Waals surface area (Å²) in [6.45, 7) is 1.11. The maximum atomic E-state index is 13.0. The second-order valence-electron chi connectivity index (χ2n) is 5.63. The average Bonchev–Trinajstić information content (AvgIpc) is 2.62. The van der Waals surface area contributed by atoms with Gasteiger partial charge in [-0.1, -0.05) is 54.1 Å². The largest absolute Gasteiger partial charge is 0.465 e. The average molecular weight is 376 g/mol. The first-order valence-corrected chi connectivity index (χ1v) is 8.45. The number of ether oxygens (including phenoxy) is 1. The summed E-state index contributed by atoms with van der Waals surface area (Å²) in [5.74, 6) is -3.56. The second-order valence-corrected chi connectivity index (χ2v) is 6.07. The smallest absolute Gasteiger partial charge is 0.317 e. The molecule has 2 atom stereocenters. The third-order valence-electron chi connectivity index (χ3n) is 3.93. The van der Waals surface area contributed by atoms with Gasteiger partial charge in [0, 0.05) is 15.5 Å². The molecule has 0 aliphatic rings. The summed E-state index contributed by atoms with van der Waals surface area (Å²) >= 11 is 5.88. The number of nitro groups is 1. The van der Waals surface area contributed by atoms with Crippen molar-refractivity contribution in [3.63, 3.8) is 0 Å². The Morgan fingerprint density at radius 2 is 1.73 bits per heavy atom. The zero-order chi connectivity index (χ0) is 19.1. The molecule has 0 amide bonds. The third-order valence-corrected chi connectivity index (χ3v) is 4.18. The van der Waals surface area contributed by atoms with E-state index in [4.69, 9.17) is 16.3 Å². The molecule has 136 valence electrons. The van der Waals surface area contributed by atoms with Crippen LogP contribution in [-0.2, 0) is 9.53 Å². The molecule has 1 unspecified atom stereocenters. The number of esters is 1. The lowest BCUT2D eigenvalue weighted by atomic mass is 9.81. The molecule has 0 heterocycles. The number of benzene rings is 2. The number of ketones is 1. The zero-order valence-corrected chi connectivity index (χ0v) is 14.9. The fraction of sp³-hybridized carbons (Fsp3) is 0.263. The SMILES string of the molecule is CCOC(=O)C(C(=O)c1ccccc1)[C@H](C[N+](=O)[O-])c1ccc(Cl)cc1. The third kappa shape index (κ3) is 4.89. The summed E-state index contributed by atoms with van der Waals surface area (Å²) in [5, 5.41) is 11.7. The van der Waals surface area contributed by atoms with Crippen LogP contribution in [0.15, 0.2) is 54.6 Å². The van der Waals surface area contributed by atoms with Crippen LogP contribution in [0.1, 0.15) is 28.8 Å². The van der Waals surface area contributed by atoms with Gasteiger partial charge in [0.2, 0.25) is 6.54 Å². The molecule has 0 N–H and O–H groups in total. The van der Waals surface area contributed by atoms with Crippen molar-refractivity contribution in [2.45, 2.75) is 12.8 Å². The van der Waals surface area contributed by atoms with E-state index >= 15 is 0 Å². The predicted octanol–water partition coefficient (Wildman–Crippen LogP) is 3.76. The van der Waals surface area contributed by atoms with E-state index in [0.717, 1.165) is 0 Å². The number of carbonyl (C=O) groups excluding carboxylic acids is 2. The van der Waals surface area contributed by atoms with Gasteiger partial charge >= 0.3 is 5.97 Å². The lowest BCUT2D eigenvalue weighted by Gasteiger charge is -2.22. The van der Waals surface area contributed by atoms with Crippen molar-refractivity contribution in [1.29, 1.82) is 0 Å². The van der Waals surface area contributed by atoms with Gasteiger partial charge in [-0.3, -0.25) is 19.7 Å². The molecule has 0 saturated carbocycles. The summed E-state index contributed by atoms with van der Waals surface area (Å²) in [5.41, 5.74) is 0.779. The Bertz CT molecular complexity index is 776. The predicted molar refractivity (Wildman–Crippen MR) is 96.9 cm³/mol. The Hall–Kier alpha value is -2.73. The van der Waals surface area contributed by atoms with Crippen LogP contribution in [-0.4, -0.2) is 29.8 Å². The highest BCUT2D eigenvalue weighted by atomic mass is 35.5.